The van der Waals surface area contributed by atoms with E-state index in [0.717, 1.165) is 12.0 Å². The fourth-order valence-corrected chi connectivity index (χ4v) is 4.46. The van der Waals surface area contributed by atoms with Gasteiger partial charge in [0.2, 0.25) is 11.8 Å². The Morgan fingerprint density at radius 1 is 1.14 bits per heavy atom. The number of anilines is 1. The van der Waals surface area contributed by atoms with Gasteiger partial charge >= 0.3 is 6.09 Å². The van der Waals surface area contributed by atoms with E-state index in [1.54, 1.807) is 36.1 Å². The maximum Gasteiger partial charge on any atom is 0.411 e. The summed E-state index contributed by atoms with van der Waals surface area (Å²) in [6, 6.07) is 11.9. The van der Waals surface area contributed by atoms with Crippen molar-refractivity contribution in [3.63, 3.8) is 0 Å². The van der Waals surface area contributed by atoms with Gasteiger partial charge in [-0.2, -0.15) is 0 Å². The molecule has 2 aromatic carbocycles. The van der Waals surface area contributed by atoms with Gasteiger partial charge in [0.15, 0.2) is 0 Å². The van der Waals surface area contributed by atoms with Crippen molar-refractivity contribution < 1.29 is 23.9 Å². The van der Waals surface area contributed by atoms with E-state index in [2.05, 4.69) is 5.32 Å². The fraction of sp³-hybridized carbons (Fsp3) is 0.423. The second-order valence-corrected chi connectivity index (χ2v) is 8.96. The van der Waals surface area contributed by atoms with Crippen molar-refractivity contribution in [3.8, 4) is 0 Å². The Morgan fingerprint density at radius 3 is 2.37 bits per heavy atom. The predicted molar refractivity (Wildman–Crippen MR) is 131 cm³/mol. The summed E-state index contributed by atoms with van der Waals surface area (Å²) in [4.78, 5) is 40.7. The molecule has 0 radical (unpaired) electrons. The van der Waals surface area contributed by atoms with E-state index >= 15 is 0 Å². The zero-order valence-corrected chi connectivity index (χ0v) is 20.2. The van der Waals surface area contributed by atoms with Crippen molar-refractivity contribution in [3.05, 3.63) is 65.0 Å². The molecule has 1 saturated heterocycles. The molecular weight excluding hydrogens is 451 g/mol. The van der Waals surface area contributed by atoms with E-state index in [4.69, 9.17) is 5.73 Å². The zero-order chi connectivity index (χ0) is 25.6. The van der Waals surface area contributed by atoms with Gasteiger partial charge in [-0.05, 0) is 61.1 Å². The van der Waals surface area contributed by atoms with E-state index in [9.17, 15) is 23.9 Å². The molecule has 1 aliphatic heterocycles. The van der Waals surface area contributed by atoms with Crippen molar-refractivity contribution in [1.29, 1.82) is 0 Å². The lowest BCUT2D eigenvalue weighted by atomic mass is 9.76. The van der Waals surface area contributed by atoms with Crippen molar-refractivity contribution >= 4 is 23.6 Å². The Labute approximate surface area is 204 Å². The minimum atomic E-state index is -1.16. The fourth-order valence-electron chi connectivity index (χ4n) is 4.46. The number of hydrogen-bond donors (Lipinski definition) is 3. The molecule has 3 amide bonds. The molecule has 1 fully saturated rings. The normalized spacial score (nSPS) is 14.9. The van der Waals surface area contributed by atoms with Crippen LogP contribution >= 0.6 is 0 Å². The number of carbonyl (C=O) groups excluding carboxylic acids is 2. The van der Waals surface area contributed by atoms with Gasteiger partial charge in [0.25, 0.3) is 0 Å². The molecule has 4 N–H and O–H groups in total. The monoisotopic (exact) mass is 484 g/mol. The first kappa shape index (κ1) is 26.2. The largest absolute Gasteiger partial charge is 0.465 e. The highest BCUT2D eigenvalue weighted by Crippen LogP contribution is 2.35. The average molecular weight is 485 g/mol. The Bertz CT molecular complexity index is 1070. The van der Waals surface area contributed by atoms with Gasteiger partial charge in [0.1, 0.15) is 5.82 Å². The van der Waals surface area contributed by atoms with Gasteiger partial charge in [-0.1, -0.05) is 31.2 Å². The maximum atomic E-state index is 14.0. The van der Waals surface area contributed by atoms with Crippen LogP contribution in [0.4, 0.5) is 14.9 Å². The number of nitrogens with zero attached hydrogens (tertiary/aromatic N) is 2. The molecule has 35 heavy (non-hydrogen) atoms. The van der Waals surface area contributed by atoms with E-state index in [1.165, 1.54) is 11.0 Å². The minimum Gasteiger partial charge on any atom is -0.465 e. The van der Waals surface area contributed by atoms with Crippen LogP contribution in [0.5, 0.6) is 0 Å². The number of piperidine rings is 1. The van der Waals surface area contributed by atoms with Gasteiger partial charge < -0.3 is 21.1 Å². The van der Waals surface area contributed by atoms with Crippen LogP contribution in [0.15, 0.2) is 42.5 Å². The number of amides is 3. The summed E-state index contributed by atoms with van der Waals surface area (Å²) in [6.45, 7) is 4.19. The molecule has 8 nitrogen and oxygen atoms in total. The van der Waals surface area contributed by atoms with Gasteiger partial charge in [-0.25, -0.2) is 9.18 Å². The molecule has 1 heterocycles. The quantitative estimate of drug-likeness (QED) is 0.533. The Hall–Kier alpha value is -3.46. The van der Waals surface area contributed by atoms with E-state index < -0.39 is 11.5 Å². The molecule has 1 aliphatic rings. The SMILES string of the molecule is CCc1ccc(N(CC2(C(=O)NCc3cccc(F)c3C)CCN(C(=O)CN)CC2)C(=O)O)cc1. The van der Waals surface area contributed by atoms with E-state index in [-0.39, 0.29) is 50.1 Å². The third kappa shape index (κ3) is 5.97. The molecule has 0 aliphatic carbocycles. The lowest BCUT2D eigenvalue weighted by Crippen LogP contribution is -2.56. The van der Waals surface area contributed by atoms with E-state index in [0.29, 0.717) is 29.9 Å². The first-order chi connectivity index (χ1) is 16.7. The number of halogens is 1. The first-order valence-corrected chi connectivity index (χ1v) is 11.8. The average Bonchev–Trinajstić information content (AvgIpc) is 2.87. The Morgan fingerprint density at radius 2 is 1.80 bits per heavy atom. The number of benzene rings is 2. The van der Waals surface area contributed by atoms with Crippen LogP contribution < -0.4 is 16.0 Å². The summed E-state index contributed by atoms with van der Waals surface area (Å²) in [5, 5.41) is 12.9. The number of nitrogens with two attached hydrogens (primary N) is 1. The summed E-state index contributed by atoms with van der Waals surface area (Å²) in [7, 11) is 0. The lowest BCUT2D eigenvalue weighted by Gasteiger charge is -2.42. The third-order valence-corrected chi connectivity index (χ3v) is 6.90. The van der Waals surface area contributed by atoms with Crippen LogP contribution in [0.3, 0.4) is 0 Å². The highest BCUT2D eigenvalue weighted by Gasteiger charge is 2.44. The lowest BCUT2D eigenvalue weighted by molar-refractivity contribution is -0.139. The van der Waals surface area contributed by atoms with Crippen LogP contribution in [0, 0.1) is 18.2 Å². The second kappa shape index (κ2) is 11.3. The summed E-state index contributed by atoms with van der Waals surface area (Å²) in [6.07, 6.45) is 0.222. The molecular formula is C26H33FN4O4. The molecule has 2 aromatic rings. The van der Waals surface area contributed by atoms with Crippen molar-refractivity contribution in [2.75, 3.05) is 31.1 Å². The van der Waals surface area contributed by atoms with Crippen molar-refractivity contribution in [1.82, 2.24) is 10.2 Å². The molecule has 0 aromatic heterocycles. The number of aryl methyl sites for hydroxylation is 1. The highest BCUT2D eigenvalue weighted by molar-refractivity contribution is 5.90. The van der Waals surface area contributed by atoms with Gasteiger partial charge in [0.05, 0.1) is 12.0 Å². The number of nitrogens with one attached hydrogen (secondary N) is 1. The molecule has 0 bridgehead atoms. The summed E-state index contributed by atoms with van der Waals surface area (Å²) in [5.74, 6) is -0.885. The molecule has 9 heteroatoms. The van der Waals surface area contributed by atoms with Crippen LogP contribution in [-0.4, -0.2) is 54.1 Å². The highest BCUT2D eigenvalue weighted by atomic mass is 19.1. The second-order valence-electron chi connectivity index (χ2n) is 8.96. The Balaban J connectivity index is 1.86. The van der Waals surface area contributed by atoms with Crippen LogP contribution in [0.25, 0.3) is 0 Å². The van der Waals surface area contributed by atoms with E-state index in [1.807, 2.05) is 19.1 Å². The zero-order valence-electron chi connectivity index (χ0n) is 20.2. The molecule has 0 unspecified atom stereocenters. The summed E-state index contributed by atoms with van der Waals surface area (Å²) in [5.41, 5.74) is 7.09. The molecule has 0 spiro atoms. The van der Waals surface area contributed by atoms with Gasteiger partial charge in [-0.3, -0.25) is 14.5 Å². The van der Waals surface area contributed by atoms with Crippen LogP contribution in [-0.2, 0) is 22.6 Å². The predicted octanol–water partition coefficient (Wildman–Crippen LogP) is 3.06. The number of hydrogen-bond acceptors (Lipinski definition) is 4. The standard InChI is InChI=1S/C26H33FN4O4/c1-3-19-7-9-21(10-8-19)31(25(34)35)17-26(11-13-30(14-12-26)23(32)15-28)24(33)29-16-20-5-4-6-22(27)18(20)2/h4-10H,3,11-17,28H2,1-2H3,(H,29,33)(H,34,35). The van der Waals surface area contributed by atoms with Crippen LogP contribution in [0.2, 0.25) is 0 Å². The third-order valence-electron chi connectivity index (χ3n) is 6.90. The molecule has 188 valence electrons. The van der Waals surface area contributed by atoms with Crippen LogP contribution in [0.1, 0.15) is 36.5 Å². The molecule has 3 rings (SSSR count). The number of carbonyl (C=O) groups is 3. The number of rotatable bonds is 8. The first-order valence-electron chi connectivity index (χ1n) is 11.8. The number of carboxylic acid groups (broad SMARTS) is 1. The smallest absolute Gasteiger partial charge is 0.411 e. The molecule has 0 atom stereocenters. The van der Waals surface area contributed by atoms with Crippen molar-refractivity contribution in [2.45, 2.75) is 39.7 Å². The number of likely N-dealkylation sites (tertiary alicyclic amines) is 1. The maximum absolute atomic E-state index is 14.0. The topological polar surface area (TPSA) is 116 Å². The minimum absolute atomic E-state index is 0.0631. The molecule has 0 saturated carbocycles. The van der Waals surface area contributed by atoms with Gasteiger partial charge in [-0.15, -0.1) is 0 Å². The van der Waals surface area contributed by atoms with Crippen molar-refractivity contribution in [2.24, 2.45) is 11.1 Å². The summed E-state index contributed by atoms with van der Waals surface area (Å²) < 4.78 is 14.0. The Kier molecular flexibility index (Phi) is 8.45. The van der Waals surface area contributed by atoms with Gasteiger partial charge in [0, 0.05) is 31.9 Å². The summed E-state index contributed by atoms with van der Waals surface area (Å²) >= 11 is 0.